The molecule has 0 bridgehead atoms. The van der Waals surface area contributed by atoms with E-state index in [1.807, 2.05) is 0 Å². The van der Waals surface area contributed by atoms with Gasteiger partial charge in [0.2, 0.25) is 0 Å². The monoisotopic (exact) mass is 275 g/mol. The highest BCUT2D eigenvalue weighted by Gasteiger charge is 2.31. The molecule has 1 aromatic carbocycles. The Hall–Kier alpha value is -1.06. The summed E-state index contributed by atoms with van der Waals surface area (Å²) in [6.07, 6.45) is 0.959. The van der Waals surface area contributed by atoms with Crippen LogP contribution in [0.4, 0.5) is 5.69 Å². The topological polar surface area (TPSA) is 32.5 Å². The molecule has 1 fully saturated rings. The van der Waals surface area contributed by atoms with Crippen LogP contribution in [0.5, 0.6) is 0 Å². The lowest BCUT2D eigenvalue weighted by atomic mass is 9.97. The van der Waals surface area contributed by atoms with Crippen LogP contribution in [-0.2, 0) is 6.42 Å². The summed E-state index contributed by atoms with van der Waals surface area (Å²) in [5, 5.41) is 0. The molecule has 0 saturated carbocycles. The number of hydrogen-bond acceptors (Lipinski definition) is 3. The van der Waals surface area contributed by atoms with Crippen molar-refractivity contribution >= 4 is 5.69 Å². The van der Waals surface area contributed by atoms with Gasteiger partial charge in [-0.15, -0.1) is 0 Å². The van der Waals surface area contributed by atoms with Crippen molar-refractivity contribution in [2.24, 2.45) is 5.73 Å². The molecular weight excluding hydrogens is 246 g/mol. The second-order valence-corrected chi connectivity index (χ2v) is 6.95. The fraction of sp³-hybridized carbons (Fsp3) is 0.647. The van der Waals surface area contributed by atoms with Crippen LogP contribution in [0.25, 0.3) is 0 Å². The van der Waals surface area contributed by atoms with E-state index in [2.05, 4.69) is 62.7 Å². The smallest absolute Gasteiger partial charge is 0.0370 e. The Morgan fingerprint density at radius 3 is 2.55 bits per heavy atom. The molecule has 1 atom stereocenters. The molecule has 2 N–H and O–H groups in total. The Labute approximate surface area is 123 Å². The quantitative estimate of drug-likeness (QED) is 0.919. The van der Waals surface area contributed by atoms with E-state index in [0.29, 0.717) is 0 Å². The highest BCUT2D eigenvalue weighted by Crippen LogP contribution is 2.26. The molecule has 20 heavy (non-hydrogen) atoms. The average molecular weight is 275 g/mol. The molecule has 3 heteroatoms. The zero-order valence-electron chi connectivity index (χ0n) is 13.6. The van der Waals surface area contributed by atoms with Crippen LogP contribution in [0, 0.1) is 6.92 Å². The van der Waals surface area contributed by atoms with Crippen LogP contribution in [0.3, 0.4) is 0 Å². The van der Waals surface area contributed by atoms with Crippen molar-refractivity contribution in [2.75, 3.05) is 31.6 Å². The summed E-state index contributed by atoms with van der Waals surface area (Å²) in [6, 6.07) is 7.05. The number of aryl methyl sites for hydroxylation is 1. The number of likely N-dealkylation sites (N-methyl/N-ethyl adjacent to an activating group) is 1. The third-order valence-electron chi connectivity index (χ3n) is 4.55. The van der Waals surface area contributed by atoms with E-state index in [-0.39, 0.29) is 11.6 Å². The predicted molar refractivity (Wildman–Crippen MR) is 87.5 cm³/mol. The number of nitrogens with two attached hydrogens (primary N) is 1. The summed E-state index contributed by atoms with van der Waals surface area (Å²) >= 11 is 0. The summed E-state index contributed by atoms with van der Waals surface area (Å²) < 4.78 is 0. The molecule has 112 valence electrons. The standard InChI is InChI=1S/C17H29N3/c1-13-10-16(7-6-15(13)11-14(2)18)20-9-8-19(5)17(3,4)12-20/h6-7,10,14H,8-9,11-12,18H2,1-5H3. The van der Waals surface area contributed by atoms with Gasteiger partial charge >= 0.3 is 0 Å². The van der Waals surface area contributed by atoms with E-state index in [1.54, 1.807) is 0 Å². The predicted octanol–water partition coefficient (Wildman–Crippen LogP) is 2.42. The van der Waals surface area contributed by atoms with Crippen LogP contribution >= 0.6 is 0 Å². The largest absolute Gasteiger partial charge is 0.368 e. The van der Waals surface area contributed by atoms with Gasteiger partial charge in [0.25, 0.3) is 0 Å². The Morgan fingerprint density at radius 2 is 2.00 bits per heavy atom. The third kappa shape index (κ3) is 3.33. The first-order chi connectivity index (χ1) is 9.29. The van der Waals surface area contributed by atoms with Gasteiger partial charge in [-0.1, -0.05) is 6.07 Å². The van der Waals surface area contributed by atoms with E-state index in [9.17, 15) is 0 Å². The molecule has 0 spiro atoms. The Bertz CT molecular complexity index is 465. The zero-order chi connectivity index (χ0) is 14.9. The van der Waals surface area contributed by atoms with Crippen molar-refractivity contribution in [3.05, 3.63) is 29.3 Å². The number of anilines is 1. The number of hydrogen-bond donors (Lipinski definition) is 1. The normalized spacial score (nSPS) is 21.0. The minimum Gasteiger partial charge on any atom is -0.368 e. The van der Waals surface area contributed by atoms with Crippen molar-refractivity contribution in [3.8, 4) is 0 Å². The van der Waals surface area contributed by atoms with Crippen molar-refractivity contribution in [1.29, 1.82) is 0 Å². The van der Waals surface area contributed by atoms with E-state index >= 15 is 0 Å². The maximum Gasteiger partial charge on any atom is 0.0370 e. The van der Waals surface area contributed by atoms with Crippen molar-refractivity contribution < 1.29 is 0 Å². The van der Waals surface area contributed by atoms with Gasteiger partial charge in [0.05, 0.1) is 0 Å². The number of nitrogens with zero attached hydrogens (tertiary/aromatic N) is 2. The lowest BCUT2D eigenvalue weighted by Crippen LogP contribution is -2.57. The van der Waals surface area contributed by atoms with E-state index in [4.69, 9.17) is 5.73 Å². The summed E-state index contributed by atoms with van der Waals surface area (Å²) in [7, 11) is 2.22. The Morgan fingerprint density at radius 1 is 1.30 bits per heavy atom. The van der Waals surface area contributed by atoms with Gasteiger partial charge in [-0.3, -0.25) is 4.90 Å². The van der Waals surface area contributed by atoms with Gasteiger partial charge < -0.3 is 10.6 Å². The molecule has 1 aliphatic rings. The third-order valence-corrected chi connectivity index (χ3v) is 4.55. The Kier molecular flexibility index (Phi) is 4.40. The van der Waals surface area contributed by atoms with Gasteiger partial charge in [-0.2, -0.15) is 0 Å². The van der Waals surface area contributed by atoms with Crippen molar-refractivity contribution in [1.82, 2.24) is 4.90 Å². The van der Waals surface area contributed by atoms with E-state index in [0.717, 1.165) is 26.1 Å². The van der Waals surface area contributed by atoms with Crippen LogP contribution in [0.1, 0.15) is 31.9 Å². The minimum absolute atomic E-state index is 0.224. The average Bonchev–Trinajstić information content (AvgIpc) is 2.34. The van der Waals surface area contributed by atoms with Gasteiger partial charge in [0.15, 0.2) is 0 Å². The summed E-state index contributed by atoms with van der Waals surface area (Å²) in [6.45, 7) is 12.2. The molecule has 3 nitrogen and oxygen atoms in total. The van der Waals surface area contributed by atoms with Crippen molar-refractivity contribution in [3.63, 3.8) is 0 Å². The first-order valence-electron chi connectivity index (χ1n) is 7.61. The molecular formula is C17H29N3. The molecule has 1 aromatic rings. The second-order valence-electron chi connectivity index (χ2n) is 6.95. The van der Waals surface area contributed by atoms with Crippen LogP contribution in [0.2, 0.25) is 0 Å². The highest BCUT2D eigenvalue weighted by atomic mass is 15.3. The fourth-order valence-electron chi connectivity index (χ4n) is 2.91. The van der Waals surface area contributed by atoms with Gasteiger partial charge in [0, 0.05) is 36.9 Å². The molecule has 1 heterocycles. The lowest BCUT2D eigenvalue weighted by molar-refractivity contribution is 0.139. The van der Waals surface area contributed by atoms with Gasteiger partial charge in [-0.25, -0.2) is 0 Å². The molecule has 0 amide bonds. The van der Waals surface area contributed by atoms with E-state index < -0.39 is 0 Å². The van der Waals surface area contributed by atoms with Crippen molar-refractivity contribution in [2.45, 2.75) is 45.7 Å². The lowest BCUT2D eigenvalue weighted by Gasteiger charge is -2.46. The van der Waals surface area contributed by atoms with Crippen LogP contribution in [0.15, 0.2) is 18.2 Å². The number of benzene rings is 1. The molecule has 0 aliphatic carbocycles. The summed E-state index contributed by atoms with van der Waals surface area (Å²) in [5.74, 6) is 0. The van der Waals surface area contributed by atoms with Gasteiger partial charge in [0.1, 0.15) is 0 Å². The fourth-order valence-corrected chi connectivity index (χ4v) is 2.91. The van der Waals surface area contributed by atoms with Crippen LogP contribution in [-0.4, -0.2) is 43.2 Å². The molecule has 1 saturated heterocycles. The molecule has 1 unspecified atom stereocenters. The maximum absolute atomic E-state index is 5.91. The number of piperazine rings is 1. The summed E-state index contributed by atoms with van der Waals surface area (Å²) in [4.78, 5) is 4.95. The van der Waals surface area contributed by atoms with Gasteiger partial charge in [-0.05, 0) is 64.4 Å². The minimum atomic E-state index is 0.224. The first-order valence-corrected chi connectivity index (χ1v) is 7.61. The number of rotatable bonds is 3. The highest BCUT2D eigenvalue weighted by molar-refractivity contribution is 5.51. The molecule has 1 aliphatic heterocycles. The molecule has 0 aromatic heterocycles. The second kappa shape index (κ2) is 5.74. The SMILES string of the molecule is Cc1cc(N2CCN(C)C(C)(C)C2)ccc1CC(C)N. The Balaban J connectivity index is 2.16. The maximum atomic E-state index is 5.91. The zero-order valence-corrected chi connectivity index (χ0v) is 13.6. The van der Waals surface area contributed by atoms with E-state index in [1.165, 1.54) is 16.8 Å². The molecule has 2 rings (SSSR count). The van der Waals surface area contributed by atoms with Crippen LogP contribution < -0.4 is 10.6 Å². The first kappa shape index (κ1) is 15.3. The molecule has 0 radical (unpaired) electrons. The summed E-state index contributed by atoms with van der Waals surface area (Å²) in [5.41, 5.74) is 10.2.